The van der Waals surface area contributed by atoms with Crippen molar-refractivity contribution in [1.82, 2.24) is 0 Å². The van der Waals surface area contributed by atoms with E-state index in [1.807, 2.05) is 13.8 Å². The van der Waals surface area contributed by atoms with Crippen LogP contribution in [0, 0.1) is 0 Å². The average Bonchev–Trinajstić information content (AvgIpc) is 2.73. The summed E-state index contributed by atoms with van der Waals surface area (Å²) in [7, 11) is 0. The van der Waals surface area contributed by atoms with Crippen LogP contribution in [0.5, 0.6) is 0 Å². The molecule has 1 unspecified atom stereocenters. The first-order valence-electron chi connectivity index (χ1n) is 6.10. The number of alkyl halides is 3. The predicted octanol–water partition coefficient (Wildman–Crippen LogP) is 5.15. The van der Waals surface area contributed by atoms with Gasteiger partial charge in [-0.1, -0.05) is 34.6 Å². The molecule has 2 rings (SSSR count). The summed E-state index contributed by atoms with van der Waals surface area (Å²) in [6, 6.07) is 4.07. The number of amidine groups is 1. The largest absolute Gasteiger partial charge is 0.418 e. The van der Waals surface area contributed by atoms with Crippen LogP contribution in [0.3, 0.4) is 0 Å². The lowest BCUT2D eigenvalue weighted by Gasteiger charge is -2.16. The van der Waals surface area contributed by atoms with Crippen LogP contribution < -0.4 is 5.32 Å². The van der Waals surface area contributed by atoms with Crippen molar-refractivity contribution < 1.29 is 13.2 Å². The van der Waals surface area contributed by atoms with Gasteiger partial charge in [-0.25, -0.2) is 0 Å². The van der Waals surface area contributed by atoms with Crippen LogP contribution >= 0.6 is 27.7 Å². The first-order valence-corrected chi connectivity index (χ1v) is 7.88. The average molecular weight is 367 g/mol. The summed E-state index contributed by atoms with van der Waals surface area (Å²) in [5, 5.41) is 3.35. The zero-order valence-corrected chi connectivity index (χ0v) is 13.4. The number of nitrogens with one attached hydrogen (secondary N) is 1. The number of hydrogen-bond acceptors (Lipinski definition) is 3. The Morgan fingerprint density at radius 3 is 2.70 bits per heavy atom. The number of anilines is 1. The van der Waals surface area contributed by atoms with E-state index in [2.05, 4.69) is 26.2 Å². The molecule has 0 radical (unpaired) electrons. The maximum atomic E-state index is 13.0. The summed E-state index contributed by atoms with van der Waals surface area (Å²) in [6.07, 6.45) is -3.54. The second-order valence-corrected chi connectivity index (χ2v) is 6.75. The molecule has 0 saturated heterocycles. The van der Waals surface area contributed by atoms with Crippen molar-refractivity contribution in [3.63, 3.8) is 0 Å². The molecule has 0 fully saturated rings. The van der Waals surface area contributed by atoms with Gasteiger partial charge in [0.25, 0.3) is 0 Å². The summed E-state index contributed by atoms with van der Waals surface area (Å²) in [5.74, 6) is 0.781. The topological polar surface area (TPSA) is 24.4 Å². The first kappa shape index (κ1) is 15.7. The molecular weight excluding hydrogens is 353 g/mol. The number of benzene rings is 1. The molecule has 0 aliphatic carbocycles. The highest BCUT2D eigenvalue weighted by atomic mass is 79.9. The lowest BCUT2D eigenvalue weighted by Crippen LogP contribution is -2.20. The van der Waals surface area contributed by atoms with Gasteiger partial charge in [0.2, 0.25) is 0 Å². The van der Waals surface area contributed by atoms with E-state index < -0.39 is 11.7 Å². The molecule has 7 heteroatoms. The second-order valence-electron chi connectivity index (χ2n) is 4.87. The molecule has 1 N–H and O–H groups in total. The molecular formula is C13H14BrF3N2S. The van der Waals surface area contributed by atoms with Gasteiger partial charge in [-0.3, -0.25) is 4.99 Å². The molecule has 0 bridgehead atoms. The molecule has 1 aromatic carbocycles. The lowest BCUT2D eigenvalue weighted by molar-refractivity contribution is -0.136. The fourth-order valence-corrected chi connectivity index (χ4v) is 3.30. The molecule has 2 nitrogen and oxygen atoms in total. The van der Waals surface area contributed by atoms with Gasteiger partial charge >= 0.3 is 6.18 Å². The molecule has 0 spiro atoms. The number of aliphatic imine (C=N–C) groups is 1. The summed E-state index contributed by atoms with van der Waals surface area (Å²) < 4.78 is 39.4. The molecule has 0 amide bonds. The highest BCUT2D eigenvalue weighted by Crippen LogP contribution is 2.38. The molecule has 110 valence electrons. The van der Waals surface area contributed by atoms with Crippen molar-refractivity contribution in [3.05, 3.63) is 28.2 Å². The van der Waals surface area contributed by atoms with Gasteiger partial charge in [-0.2, -0.15) is 13.2 Å². The monoisotopic (exact) mass is 366 g/mol. The van der Waals surface area contributed by atoms with E-state index in [4.69, 9.17) is 0 Å². The van der Waals surface area contributed by atoms with Gasteiger partial charge in [-0.15, -0.1) is 0 Å². The van der Waals surface area contributed by atoms with E-state index in [1.54, 1.807) is 6.07 Å². The quantitative estimate of drug-likeness (QED) is 0.782. The third-order valence-corrected chi connectivity index (χ3v) is 4.91. The van der Waals surface area contributed by atoms with Crippen molar-refractivity contribution in [3.8, 4) is 0 Å². The Hall–Kier alpha value is -0.690. The summed E-state index contributed by atoms with van der Waals surface area (Å²) >= 11 is 4.52. The van der Waals surface area contributed by atoms with E-state index >= 15 is 0 Å². The Morgan fingerprint density at radius 2 is 2.15 bits per heavy atom. The molecule has 1 aromatic rings. The lowest BCUT2D eigenvalue weighted by atomic mass is 10.0. The van der Waals surface area contributed by atoms with Gasteiger partial charge in [0.05, 0.1) is 16.8 Å². The highest BCUT2D eigenvalue weighted by molar-refractivity contribution is 9.10. The van der Waals surface area contributed by atoms with Gasteiger partial charge < -0.3 is 5.32 Å². The summed E-state index contributed by atoms with van der Waals surface area (Å²) in [4.78, 5) is 4.47. The van der Waals surface area contributed by atoms with Crippen LogP contribution in [0.1, 0.15) is 25.8 Å². The Labute approximate surface area is 128 Å². The van der Waals surface area contributed by atoms with Crippen molar-refractivity contribution in [2.24, 2.45) is 4.99 Å². The minimum Gasteiger partial charge on any atom is -0.334 e. The molecule has 1 atom stereocenters. The summed E-state index contributed by atoms with van der Waals surface area (Å²) in [5.41, 5.74) is -0.853. The van der Waals surface area contributed by atoms with Gasteiger partial charge in [-0.05, 0) is 31.5 Å². The third-order valence-electron chi connectivity index (χ3n) is 3.18. The standard InChI is InChI=1S/C13H14BrF3N2S/c1-3-12(2)7-20-11(19-12)18-10-5-4-8(14)6-9(10)13(15,16)17/h4-6H,3,7H2,1-2H3,(H,18,19). The smallest absolute Gasteiger partial charge is 0.334 e. The van der Waals surface area contributed by atoms with Crippen molar-refractivity contribution in [1.29, 1.82) is 0 Å². The fourth-order valence-electron chi connectivity index (χ4n) is 1.75. The van der Waals surface area contributed by atoms with Crippen molar-refractivity contribution >= 4 is 38.5 Å². The fraction of sp³-hybridized carbons (Fsp3) is 0.462. The SMILES string of the molecule is CCC1(C)CSC(Nc2ccc(Br)cc2C(F)(F)F)=N1. The Balaban J connectivity index is 2.29. The molecule has 1 heterocycles. The van der Waals surface area contributed by atoms with E-state index in [0.717, 1.165) is 18.2 Å². The minimum atomic E-state index is -4.40. The van der Waals surface area contributed by atoms with Crippen LogP contribution in [-0.4, -0.2) is 16.5 Å². The van der Waals surface area contributed by atoms with E-state index in [-0.39, 0.29) is 11.2 Å². The minimum absolute atomic E-state index is 0.0345. The van der Waals surface area contributed by atoms with Crippen molar-refractivity contribution in [2.75, 3.05) is 11.1 Å². The van der Waals surface area contributed by atoms with E-state index in [9.17, 15) is 13.2 Å². The number of halogens is 4. The van der Waals surface area contributed by atoms with E-state index in [0.29, 0.717) is 9.64 Å². The van der Waals surface area contributed by atoms with Gasteiger partial charge in [0.15, 0.2) is 5.17 Å². The van der Waals surface area contributed by atoms with Gasteiger partial charge in [0.1, 0.15) is 0 Å². The molecule has 0 saturated carbocycles. The molecule has 1 aliphatic rings. The predicted molar refractivity (Wildman–Crippen MR) is 81.4 cm³/mol. The zero-order chi connectivity index (χ0) is 15.0. The maximum Gasteiger partial charge on any atom is 0.418 e. The van der Waals surface area contributed by atoms with E-state index in [1.165, 1.54) is 17.8 Å². The normalized spacial score (nSPS) is 22.8. The number of nitrogens with zero attached hydrogens (tertiary/aromatic N) is 1. The first-order chi connectivity index (χ1) is 9.23. The van der Waals surface area contributed by atoms with Crippen LogP contribution in [0.15, 0.2) is 27.7 Å². The second kappa shape index (κ2) is 5.60. The summed E-state index contributed by atoms with van der Waals surface area (Å²) in [6.45, 7) is 4.02. The highest BCUT2D eigenvalue weighted by Gasteiger charge is 2.35. The Kier molecular flexibility index (Phi) is 4.39. The van der Waals surface area contributed by atoms with Crippen LogP contribution in [0.2, 0.25) is 0 Å². The molecule has 1 aliphatic heterocycles. The Bertz CT molecular complexity index is 545. The van der Waals surface area contributed by atoms with Crippen LogP contribution in [0.25, 0.3) is 0 Å². The number of rotatable bonds is 2. The third kappa shape index (κ3) is 3.49. The molecule has 0 aromatic heterocycles. The number of hydrogen-bond donors (Lipinski definition) is 1. The zero-order valence-electron chi connectivity index (χ0n) is 11.0. The van der Waals surface area contributed by atoms with Crippen molar-refractivity contribution in [2.45, 2.75) is 32.0 Å². The Morgan fingerprint density at radius 1 is 1.45 bits per heavy atom. The number of thioether (sulfide) groups is 1. The van der Waals surface area contributed by atoms with Gasteiger partial charge in [0, 0.05) is 10.2 Å². The van der Waals surface area contributed by atoms with Crippen LogP contribution in [0.4, 0.5) is 18.9 Å². The van der Waals surface area contributed by atoms with Crippen LogP contribution in [-0.2, 0) is 6.18 Å². The molecule has 20 heavy (non-hydrogen) atoms. The maximum absolute atomic E-state index is 13.0.